The molecule has 1 aromatic heterocycles. The topological polar surface area (TPSA) is 121 Å². The van der Waals surface area contributed by atoms with E-state index in [1.165, 1.54) is 11.3 Å². The van der Waals surface area contributed by atoms with Crippen LogP contribution in [0.2, 0.25) is 0 Å². The number of aryl methyl sites for hydroxylation is 1. The zero-order chi connectivity index (χ0) is 22.5. The molecule has 3 rings (SSSR count). The second-order valence-corrected chi connectivity index (χ2v) is 8.02. The maximum atomic E-state index is 12.9. The van der Waals surface area contributed by atoms with Gasteiger partial charge in [0.1, 0.15) is 12.1 Å². The summed E-state index contributed by atoms with van der Waals surface area (Å²) >= 11 is 1.27. The van der Waals surface area contributed by atoms with E-state index in [0.717, 1.165) is 10.3 Å². The van der Waals surface area contributed by atoms with Gasteiger partial charge in [0.2, 0.25) is 5.91 Å². The van der Waals surface area contributed by atoms with Crippen molar-refractivity contribution < 1.29 is 24.6 Å². The lowest BCUT2D eigenvalue weighted by atomic mass is 10.1. The molecule has 3 N–H and O–H groups in total. The Morgan fingerprint density at radius 3 is 2.42 bits per heavy atom. The van der Waals surface area contributed by atoms with Crippen LogP contribution in [0.25, 0.3) is 10.2 Å². The highest BCUT2D eigenvalue weighted by Crippen LogP contribution is 2.23. The molecule has 0 spiro atoms. The number of carbonyl (C=O) groups excluding carboxylic acids is 2. The van der Waals surface area contributed by atoms with Crippen molar-refractivity contribution in [1.82, 2.24) is 9.88 Å². The minimum absolute atomic E-state index is 0.330. The van der Waals surface area contributed by atoms with Crippen molar-refractivity contribution in [3.63, 3.8) is 0 Å². The number of aliphatic carboxylic acids is 1. The molecule has 3 aromatic rings. The highest BCUT2D eigenvalue weighted by Gasteiger charge is 2.27. The highest BCUT2D eigenvalue weighted by molar-refractivity contribution is 7.16. The van der Waals surface area contributed by atoms with Gasteiger partial charge in [-0.25, -0.2) is 4.79 Å². The van der Waals surface area contributed by atoms with E-state index in [0.29, 0.717) is 22.3 Å². The molecule has 1 heterocycles. The van der Waals surface area contributed by atoms with Crippen LogP contribution in [0.4, 0.5) is 0 Å². The maximum Gasteiger partial charge on any atom is 0.328 e. The number of nitrogens with zero attached hydrogens (tertiary/aromatic N) is 2. The maximum absolute atomic E-state index is 12.9. The number of hydrogen-bond acceptors (Lipinski definition) is 5. The fourth-order valence-electron chi connectivity index (χ4n) is 3.16. The molecule has 0 aliphatic heterocycles. The third-order valence-electron chi connectivity index (χ3n) is 4.83. The molecule has 31 heavy (non-hydrogen) atoms. The second kappa shape index (κ2) is 9.67. The van der Waals surface area contributed by atoms with Crippen LogP contribution in [-0.4, -0.2) is 45.2 Å². The van der Waals surface area contributed by atoms with Crippen LogP contribution in [0.15, 0.2) is 53.5 Å². The second-order valence-electron chi connectivity index (χ2n) is 7.01. The quantitative estimate of drug-likeness (QED) is 0.519. The fraction of sp³-hybridized carbons (Fsp3) is 0.273. The van der Waals surface area contributed by atoms with Gasteiger partial charge in [0.25, 0.3) is 5.91 Å². The lowest BCUT2D eigenvalue weighted by Crippen LogP contribution is -2.47. The predicted molar refractivity (Wildman–Crippen MR) is 117 cm³/mol. The van der Waals surface area contributed by atoms with E-state index in [1.807, 2.05) is 43.3 Å². The minimum atomic E-state index is -1.42. The molecule has 1 unspecified atom stereocenters. The monoisotopic (exact) mass is 441 g/mol. The number of carboxylic acids is 1. The van der Waals surface area contributed by atoms with Crippen molar-refractivity contribution in [2.75, 3.05) is 6.61 Å². The summed E-state index contributed by atoms with van der Waals surface area (Å²) in [4.78, 5) is 41.5. The van der Waals surface area contributed by atoms with E-state index in [-0.39, 0.29) is 0 Å². The fourth-order valence-corrected chi connectivity index (χ4v) is 4.22. The normalized spacial score (nSPS) is 13.7. The molecule has 9 heteroatoms. The van der Waals surface area contributed by atoms with Gasteiger partial charge in [0.05, 0.1) is 16.8 Å². The van der Waals surface area contributed by atoms with Crippen molar-refractivity contribution in [2.45, 2.75) is 32.4 Å². The van der Waals surface area contributed by atoms with Crippen LogP contribution in [0.1, 0.15) is 35.3 Å². The standard InChI is InChI=1S/C22H23N3O5S/c1-3-16(20(28)23-15(12-26)21(29)30)25-17-6-4-5-7-18(17)31-22(25)24-19(27)14-10-8-13(2)9-11-14/h4-11,15-16,26H,3,12H2,1-2H3,(H,23,28)(H,29,30)/t15-,16?/m0/s1. The molecule has 8 nitrogen and oxygen atoms in total. The van der Waals surface area contributed by atoms with Crippen LogP contribution in [-0.2, 0) is 9.59 Å². The number of rotatable bonds is 7. The van der Waals surface area contributed by atoms with Crippen LogP contribution < -0.4 is 10.1 Å². The molecule has 0 aliphatic rings. The van der Waals surface area contributed by atoms with E-state index >= 15 is 0 Å². The number of aromatic nitrogens is 1. The molecule has 0 aliphatic carbocycles. The van der Waals surface area contributed by atoms with E-state index in [9.17, 15) is 19.5 Å². The summed E-state index contributed by atoms with van der Waals surface area (Å²) in [5.74, 6) is -2.34. The summed E-state index contributed by atoms with van der Waals surface area (Å²) < 4.78 is 2.48. The molecule has 2 aromatic carbocycles. The van der Waals surface area contributed by atoms with Crippen molar-refractivity contribution in [3.05, 3.63) is 64.5 Å². The Hall–Kier alpha value is -3.30. The number of fused-ring (bicyclic) bond motifs is 1. The first-order valence-electron chi connectivity index (χ1n) is 9.75. The minimum Gasteiger partial charge on any atom is -0.480 e. The summed E-state index contributed by atoms with van der Waals surface area (Å²) in [5.41, 5.74) is 2.16. The summed E-state index contributed by atoms with van der Waals surface area (Å²) in [5, 5.41) is 20.8. The summed E-state index contributed by atoms with van der Waals surface area (Å²) in [7, 11) is 0. The SMILES string of the molecule is CCC(C(=O)N[C@@H](CO)C(=O)O)n1c(=NC(=O)c2ccc(C)cc2)sc2ccccc21. The number of para-hydroxylation sites is 1. The Labute approximate surface area is 182 Å². The van der Waals surface area contributed by atoms with Crippen molar-refractivity contribution in [2.24, 2.45) is 4.99 Å². The average Bonchev–Trinajstić information content (AvgIpc) is 3.10. The number of benzene rings is 2. The number of carbonyl (C=O) groups is 3. The third-order valence-corrected chi connectivity index (χ3v) is 5.86. The van der Waals surface area contributed by atoms with Crippen molar-refractivity contribution >= 4 is 39.3 Å². The number of thiazole rings is 1. The molecular weight excluding hydrogens is 418 g/mol. The molecule has 2 amide bonds. The van der Waals surface area contributed by atoms with Gasteiger partial charge in [-0.1, -0.05) is 48.1 Å². The first kappa shape index (κ1) is 22.4. The number of aliphatic hydroxyl groups excluding tert-OH is 1. The Morgan fingerprint density at radius 2 is 1.81 bits per heavy atom. The van der Waals surface area contributed by atoms with Gasteiger partial charge in [0, 0.05) is 5.56 Å². The molecule has 0 bridgehead atoms. The Kier molecular flexibility index (Phi) is 6.98. The van der Waals surface area contributed by atoms with Crippen molar-refractivity contribution in [3.8, 4) is 0 Å². The van der Waals surface area contributed by atoms with Gasteiger partial charge in [0.15, 0.2) is 4.80 Å². The van der Waals surface area contributed by atoms with Crippen LogP contribution in [0.5, 0.6) is 0 Å². The van der Waals surface area contributed by atoms with E-state index in [1.54, 1.807) is 23.6 Å². The van der Waals surface area contributed by atoms with Gasteiger partial charge in [-0.05, 0) is 37.6 Å². The first-order valence-corrected chi connectivity index (χ1v) is 10.6. The average molecular weight is 442 g/mol. The van der Waals surface area contributed by atoms with E-state index < -0.39 is 36.5 Å². The van der Waals surface area contributed by atoms with E-state index in [4.69, 9.17) is 5.11 Å². The largest absolute Gasteiger partial charge is 0.480 e. The summed E-state index contributed by atoms with van der Waals surface area (Å²) in [6.07, 6.45) is 0.330. The van der Waals surface area contributed by atoms with Gasteiger partial charge in [-0.15, -0.1) is 0 Å². The Balaban J connectivity index is 2.09. The summed E-state index contributed by atoms with van der Waals surface area (Å²) in [6.45, 7) is 2.98. The van der Waals surface area contributed by atoms with Gasteiger partial charge < -0.3 is 20.1 Å². The third kappa shape index (κ3) is 4.89. The smallest absolute Gasteiger partial charge is 0.328 e. The number of aliphatic hydroxyl groups is 1. The van der Waals surface area contributed by atoms with Crippen molar-refractivity contribution in [1.29, 1.82) is 0 Å². The molecule has 2 atom stereocenters. The van der Waals surface area contributed by atoms with Gasteiger partial charge in [-0.2, -0.15) is 4.99 Å². The number of hydrogen-bond donors (Lipinski definition) is 3. The van der Waals surface area contributed by atoms with Gasteiger partial charge in [-0.3, -0.25) is 9.59 Å². The molecule has 162 valence electrons. The Bertz CT molecular complexity index is 1180. The zero-order valence-electron chi connectivity index (χ0n) is 17.1. The lowest BCUT2D eigenvalue weighted by molar-refractivity contribution is -0.143. The van der Waals surface area contributed by atoms with E-state index in [2.05, 4.69) is 10.3 Å². The number of amides is 2. The predicted octanol–water partition coefficient (Wildman–Crippen LogP) is 2.27. The molecule has 0 radical (unpaired) electrons. The number of nitrogens with one attached hydrogen (secondary N) is 1. The van der Waals surface area contributed by atoms with Crippen LogP contribution >= 0.6 is 11.3 Å². The Morgan fingerprint density at radius 1 is 1.13 bits per heavy atom. The molecule has 0 saturated carbocycles. The zero-order valence-corrected chi connectivity index (χ0v) is 17.9. The van der Waals surface area contributed by atoms with Gasteiger partial charge >= 0.3 is 5.97 Å². The molecule has 0 saturated heterocycles. The number of carboxylic acid groups (broad SMARTS) is 1. The van der Waals surface area contributed by atoms with Crippen LogP contribution in [0.3, 0.4) is 0 Å². The lowest BCUT2D eigenvalue weighted by Gasteiger charge is -2.20. The first-order chi connectivity index (χ1) is 14.8. The van der Waals surface area contributed by atoms with Crippen LogP contribution in [0, 0.1) is 6.92 Å². The molecule has 0 fully saturated rings. The molecular formula is C22H23N3O5S. The summed E-state index contributed by atoms with van der Waals surface area (Å²) in [6, 6.07) is 12.2. The highest BCUT2D eigenvalue weighted by atomic mass is 32.1.